The van der Waals surface area contributed by atoms with Crippen molar-refractivity contribution < 1.29 is 14.4 Å². The molecule has 6 rings (SSSR count). The summed E-state index contributed by atoms with van der Waals surface area (Å²) in [4.78, 5) is 36.9. The second-order valence-corrected chi connectivity index (χ2v) is 8.69. The Labute approximate surface area is 186 Å². The average Bonchev–Trinajstić information content (AvgIpc) is 3.42. The Morgan fingerprint density at radius 3 is 2.16 bits per heavy atom. The standard InChI is InChI=1S/C26H23N3O3/c1-18-12-14-20(15-13-18)27-16-26(19-8-4-2-5-9-19)22-23(32-28(26)17-27)25(31)29(24(22)30)21-10-6-3-7-11-21/h2-15,22-23H,16-17H2,1H3/t22-,23+,26+/m1/s1. The van der Waals surface area contributed by atoms with Gasteiger partial charge in [-0.05, 0) is 36.8 Å². The van der Waals surface area contributed by atoms with Crippen molar-refractivity contribution in [3.63, 3.8) is 0 Å². The molecule has 3 aliphatic heterocycles. The molecule has 0 saturated carbocycles. The van der Waals surface area contributed by atoms with E-state index in [1.165, 1.54) is 10.5 Å². The van der Waals surface area contributed by atoms with Gasteiger partial charge in [-0.3, -0.25) is 14.4 Å². The summed E-state index contributed by atoms with van der Waals surface area (Å²) >= 11 is 0. The minimum absolute atomic E-state index is 0.205. The van der Waals surface area contributed by atoms with Crippen LogP contribution in [0.1, 0.15) is 11.1 Å². The van der Waals surface area contributed by atoms with Gasteiger partial charge >= 0.3 is 0 Å². The maximum atomic E-state index is 13.8. The number of para-hydroxylation sites is 1. The molecule has 6 heteroatoms. The first-order chi connectivity index (χ1) is 15.6. The van der Waals surface area contributed by atoms with Gasteiger partial charge < -0.3 is 4.90 Å². The van der Waals surface area contributed by atoms with Crippen LogP contribution in [0.4, 0.5) is 11.4 Å². The number of hydroxylamine groups is 2. The Balaban J connectivity index is 1.45. The smallest absolute Gasteiger partial charge is 0.265 e. The number of amides is 2. The number of imide groups is 1. The average molecular weight is 425 g/mol. The van der Waals surface area contributed by atoms with E-state index in [1.807, 2.05) is 53.6 Å². The minimum Gasteiger partial charge on any atom is -0.354 e. The summed E-state index contributed by atoms with van der Waals surface area (Å²) in [5.74, 6) is -1.12. The monoisotopic (exact) mass is 425 g/mol. The summed E-state index contributed by atoms with van der Waals surface area (Å²) in [7, 11) is 0. The van der Waals surface area contributed by atoms with Gasteiger partial charge in [-0.15, -0.1) is 0 Å². The Morgan fingerprint density at radius 2 is 1.47 bits per heavy atom. The highest BCUT2D eigenvalue weighted by molar-refractivity contribution is 6.24. The van der Waals surface area contributed by atoms with Crippen LogP contribution < -0.4 is 9.80 Å². The molecule has 0 aromatic heterocycles. The van der Waals surface area contributed by atoms with E-state index in [1.54, 1.807) is 12.1 Å². The second kappa shape index (κ2) is 7.02. The zero-order valence-electron chi connectivity index (χ0n) is 17.7. The fourth-order valence-electron chi connectivity index (χ4n) is 5.33. The summed E-state index contributed by atoms with van der Waals surface area (Å²) < 4.78 is 0. The number of hydrogen-bond acceptors (Lipinski definition) is 5. The molecular weight excluding hydrogens is 402 g/mol. The van der Waals surface area contributed by atoms with E-state index >= 15 is 0 Å². The van der Waals surface area contributed by atoms with Crippen LogP contribution in [0.2, 0.25) is 0 Å². The predicted octanol–water partition coefficient (Wildman–Crippen LogP) is 3.47. The number of hydrogen-bond donors (Lipinski definition) is 0. The lowest BCUT2D eigenvalue weighted by Gasteiger charge is -2.33. The molecule has 0 aliphatic carbocycles. The van der Waals surface area contributed by atoms with Crippen LogP contribution in [-0.4, -0.2) is 36.2 Å². The predicted molar refractivity (Wildman–Crippen MR) is 121 cm³/mol. The molecule has 0 unspecified atom stereocenters. The molecule has 0 spiro atoms. The molecule has 3 atom stereocenters. The Bertz CT molecular complexity index is 1180. The van der Waals surface area contributed by atoms with Crippen molar-refractivity contribution in [2.45, 2.75) is 18.6 Å². The first kappa shape index (κ1) is 19.2. The summed E-state index contributed by atoms with van der Waals surface area (Å²) in [6.07, 6.45) is -0.817. The van der Waals surface area contributed by atoms with Gasteiger partial charge in [-0.2, -0.15) is 5.06 Å². The molecule has 3 aliphatic rings. The van der Waals surface area contributed by atoms with Crippen molar-refractivity contribution in [2.24, 2.45) is 5.92 Å². The third-order valence-corrected chi connectivity index (χ3v) is 6.87. The van der Waals surface area contributed by atoms with Crippen LogP contribution in [-0.2, 0) is 20.0 Å². The van der Waals surface area contributed by atoms with Crippen LogP contribution in [0.25, 0.3) is 0 Å². The molecule has 0 bridgehead atoms. The van der Waals surface area contributed by atoms with Crippen LogP contribution in [0, 0.1) is 12.8 Å². The third-order valence-electron chi connectivity index (χ3n) is 6.87. The molecule has 3 saturated heterocycles. The highest BCUT2D eigenvalue weighted by Gasteiger charge is 2.70. The number of anilines is 2. The molecule has 3 aromatic carbocycles. The number of carbonyl (C=O) groups excluding carboxylic acids is 2. The van der Waals surface area contributed by atoms with Crippen molar-refractivity contribution in [3.05, 3.63) is 96.1 Å². The van der Waals surface area contributed by atoms with Gasteiger partial charge in [0, 0.05) is 12.2 Å². The Kier molecular flexibility index (Phi) is 4.22. The highest BCUT2D eigenvalue weighted by Crippen LogP contribution is 2.53. The molecule has 3 fully saturated rings. The lowest BCUT2D eigenvalue weighted by Crippen LogP contribution is -2.47. The van der Waals surface area contributed by atoms with Gasteiger partial charge in [0.15, 0.2) is 6.10 Å². The van der Waals surface area contributed by atoms with Crippen molar-refractivity contribution in [1.82, 2.24) is 5.06 Å². The Morgan fingerprint density at radius 1 is 0.812 bits per heavy atom. The topological polar surface area (TPSA) is 53.1 Å². The summed E-state index contributed by atoms with van der Waals surface area (Å²) in [5, 5.41) is 1.86. The zero-order valence-corrected chi connectivity index (χ0v) is 17.7. The van der Waals surface area contributed by atoms with Crippen LogP contribution in [0.5, 0.6) is 0 Å². The number of carbonyl (C=O) groups is 2. The van der Waals surface area contributed by atoms with E-state index in [-0.39, 0.29) is 11.8 Å². The summed E-state index contributed by atoms with van der Waals surface area (Å²) in [5.41, 5.74) is 3.09. The lowest BCUT2D eigenvalue weighted by molar-refractivity contribution is -0.177. The molecular formula is C26H23N3O3. The van der Waals surface area contributed by atoms with Crippen LogP contribution in [0.15, 0.2) is 84.9 Å². The molecule has 2 amide bonds. The largest absolute Gasteiger partial charge is 0.354 e. The van der Waals surface area contributed by atoms with E-state index in [0.29, 0.717) is 18.9 Å². The lowest BCUT2D eigenvalue weighted by atomic mass is 9.77. The van der Waals surface area contributed by atoms with E-state index < -0.39 is 17.6 Å². The molecule has 160 valence electrons. The van der Waals surface area contributed by atoms with Gasteiger partial charge in [0.1, 0.15) is 11.5 Å². The quantitative estimate of drug-likeness (QED) is 0.602. The minimum atomic E-state index is -0.817. The first-order valence-corrected chi connectivity index (χ1v) is 10.8. The maximum Gasteiger partial charge on any atom is 0.265 e. The second-order valence-electron chi connectivity index (χ2n) is 8.69. The van der Waals surface area contributed by atoms with Crippen LogP contribution in [0.3, 0.4) is 0 Å². The van der Waals surface area contributed by atoms with E-state index in [4.69, 9.17) is 4.84 Å². The van der Waals surface area contributed by atoms with Gasteiger partial charge in [-0.25, -0.2) is 4.90 Å². The molecule has 3 aromatic rings. The molecule has 6 nitrogen and oxygen atoms in total. The molecule has 0 N–H and O–H groups in total. The number of fused-ring (bicyclic) bond motifs is 3. The fraction of sp³-hybridized carbons (Fsp3) is 0.231. The maximum absolute atomic E-state index is 13.8. The molecule has 32 heavy (non-hydrogen) atoms. The molecule has 0 radical (unpaired) electrons. The Hall–Kier alpha value is -3.48. The van der Waals surface area contributed by atoms with E-state index in [0.717, 1.165) is 11.3 Å². The van der Waals surface area contributed by atoms with Gasteiger partial charge in [0.2, 0.25) is 5.91 Å². The third kappa shape index (κ3) is 2.60. The van der Waals surface area contributed by atoms with E-state index in [9.17, 15) is 9.59 Å². The molecule has 3 heterocycles. The summed E-state index contributed by atoms with van der Waals surface area (Å²) in [6, 6.07) is 27.4. The van der Waals surface area contributed by atoms with Gasteiger partial charge in [0.25, 0.3) is 5.91 Å². The number of aryl methyl sites for hydroxylation is 1. The van der Waals surface area contributed by atoms with Gasteiger partial charge in [-0.1, -0.05) is 66.2 Å². The first-order valence-electron chi connectivity index (χ1n) is 10.8. The number of benzene rings is 3. The van der Waals surface area contributed by atoms with Crippen molar-refractivity contribution in [2.75, 3.05) is 23.0 Å². The van der Waals surface area contributed by atoms with Crippen molar-refractivity contribution in [1.29, 1.82) is 0 Å². The SMILES string of the molecule is Cc1ccc(N2CN3O[C@@H]4C(=O)N(c5ccccc5)C(=O)[C@@H]4[C@@]3(c3ccccc3)C2)cc1. The number of rotatable bonds is 3. The van der Waals surface area contributed by atoms with Gasteiger partial charge in [0.05, 0.1) is 12.4 Å². The highest BCUT2D eigenvalue weighted by atomic mass is 16.7. The van der Waals surface area contributed by atoms with Crippen molar-refractivity contribution >= 4 is 23.2 Å². The normalized spacial score (nSPS) is 27.2. The van der Waals surface area contributed by atoms with Crippen LogP contribution >= 0.6 is 0 Å². The van der Waals surface area contributed by atoms with Crippen molar-refractivity contribution in [3.8, 4) is 0 Å². The fourth-order valence-corrected chi connectivity index (χ4v) is 5.33. The number of nitrogens with zero attached hydrogens (tertiary/aromatic N) is 3. The summed E-state index contributed by atoms with van der Waals surface area (Å²) in [6.45, 7) is 3.10. The van der Waals surface area contributed by atoms with E-state index in [2.05, 4.69) is 36.1 Å². The zero-order chi connectivity index (χ0) is 21.9.